The van der Waals surface area contributed by atoms with Gasteiger partial charge in [0, 0.05) is 19.4 Å². The van der Waals surface area contributed by atoms with Crippen LogP contribution in [0, 0.1) is 0 Å². The predicted molar refractivity (Wildman–Crippen MR) is 47.4 cm³/mol. The molecule has 2 aliphatic rings. The molecule has 2 fully saturated rings. The van der Waals surface area contributed by atoms with Crippen LogP contribution in [0.3, 0.4) is 0 Å². The summed E-state index contributed by atoms with van der Waals surface area (Å²) in [4.78, 5) is 21.5. The van der Waals surface area contributed by atoms with E-state index in [4.69, 9.17) is 14.5 Å². The molecule has 14 heavy (non-hydrogen) atoms. The summed E-state index contributed by atoms with van der Waals surface area (Å²) >= 11 is 0. The van der Waals surface area contributed by atoms with Crippen molar-refractivity contribution in [2.24, 2.45) is 0 Å². The van der Waals surface area contributed by atoms with Gasteiger partial charge < -0.3 is 10.1 Å². The lowest BCUT2D eigenvalue weighted by Crippen LogP contribution is -2.32. The molecule has 0 saturated carbocycles. The molecule has 0 aromatic carbocycles. The molecule has 2 atom stereocenters. The van der Waals surface area contributed by atoms with Gasteiger partial charge in [0.2, 0.25) is 0 Å². The first-order chi connectivity index (χ1) is 6.76. The van der Waals surface area contributed by atoms with Crippen LogP contribution in [0.25, 0.3) is 0 Å². The highest BCUT2D eigenvalue weighted by Crippen LogP contribution is 2.32. The van der Waals surface area contributed by atoms with E-state index >= 15 is 0 Å². The van der Waals surface area contributed by atoms with Gasteiger partial charge in [-0.05, 0) is 6.92 Å². The smallest absolute Gasteiger partial charge is 0.323 e. The van der Waals surface area contributed by atoms with Crippen molar-refractivity contribution >= 4 is 5.97 Å². The van der Waals surface area contributed by atoms with E-state index in [-0.39, 0.29) is 17.6 Å². The topological polar surface area (TPSA) is 56.8 Å². The highest BCUT2D eigenvalue weighted by Gasteiger charge is 2.46. The second-order valence-corrected chi connectivity index (χ2v) is 3.73. The molecule has 0 bridgehead atoms. The summed E-state index contributed by atoms with van der Waals surface area (Å²) in [5, 5.41) is 3.09. The first-order valence-electron chi connectivity index (χ1n) is 4.96. The molecule has 5 heteroatoms. The summed E-state index contributed by atoms with van der Waals surface area (Å²) in [7, 11) is 0. The molecule has 1 N–H and O–H groups in total. The fourth-order valence-corrected chi connectivity index (χ4v) is 1.93. The molecule has 2 rings (SSSR count). The number of esters is 1. The van der Waals surface area contributed by atoms with Crippen LogP contribution in [0.1, 0.15) is 19.8 Å². The normalized spacial score (nSPS) is 36.5. The fourth-order valence-electron chi connectivity index (χ4n) is 1.93. The largest absolute Gasteiger partial charge is 0.465 e. The third-order valence-corrected chi connectivity index (χ3v) is 2.69. The summed E-state index contributed by atoms with van der Waals surface area (Å²) in [6.07, 6.45) is 1.49. The van der Waals surface area contributed by atoms with Crippen LogP contribution in [-0.2, 0) is 19.3 Å². The van der Waals surface area contributed by atoms with E-state index in [0.717, 1.165) is 6.42 Å². The van der Waals surface area contributed by atoms with E-state index in [9.17, 15) is 4.79 Å². The van der Waals surface area contributed by atoms with E-state index < -0.39 is 0 Å². The molecular formula is C9H15NO4. The standard InChI is InChI=1S/C9H15NO4/c1-2-12-8(11)7-5-9(6-10-7)3-4-13-14-9/h7,10H,2-6H2,1H3/t7-,9?/m0/s1. The highest BCUT2D eigenvalue weighted by atomic mass is 17.2. The van der Waals surface area contributed by atoms with Crippen molar-refractivity contribution in [1.82, 2.24) is 5.32 Å². The first-order valence-corrected chi connectivity index (χ1v) is 4.96. The molecule has 1 spiro atoms. The van der Waals surface area contributed by atoms with Gasteiger partial charge in [-0.2, -0.15) is 0 Å². The Hall–Kier alpha value is -0.650. The van der Waals surface area contributed by atoms with Gasteiger partial charge in [-0.1, -0.05) is 0 Å². The van der Waals surface area contributed by atoms with Gasteiger partial charge in [0.25, 0.3) is 0 Å². The van der Waals surface area contributed by atoms with Crippen LogP contribution in [0.5, 0.6) is 0 Å². The number of rotatable bonds is 2. The molecule has 0 radical (unpaired) electrons. The van der Waals surface area contributed by atoms with Crippen molar-refractivity contribution in [3.63, 3.8) is 0 Å². The van der Waals surface area contributed by atoms with Crippen LogP contribution < -0.4 is 5.32 Å². The van der Waals surface area contributed by atoms with E-state index in [1.165, 1.54) is 0 Å². The maximum atomic E-state index is 11.4. The van der Waals surface area contributed by atoms with Crippen molar-refractivity contribution in [3.05, 3.63) is 0 Å². The monoisotopic (exact) mass is 201 g/mol. The lowest BCUT2D eigenvalue weighted by atomic mass is 9.97. The molecule has 2 aliphatic heterocycles. The van der Waals surface area contributed by atoms with Gasteiger partial charge in [-0.3, -0.25) is 4.79 Å². The molecule has 2 saturated heterocycles. The van der Waals surface area contributed by atoms with Crippen molar-refractivity contribution < 1.29 is 19.3 Å². The Morgan fingerprint density at radius 3 is 3.21 bits per heavy atom. The van der Waals surface area contributed by atoms with Crippen molar-refractivity contribution in [2.45, 2.75) is 31.4 Å². The molecule has 5 nitrogen and oxygen atoms in total. The van der Waals surface area contributed by atoms with E-state index in [2.05, 4.69) is 5.32 Å². The first kappa shape index (κ1) is 9.89. The number of hydrogen-bond acceptors (Lipinski definition) is 5. The fraction of sp³-hybridized carbons (Fsp3) is 0.889. The Labute approximate surface area is 82.6 Å². The van der Waals surface area contributed by atoms with E-state index in [0.29, 0.717) is 26.2 Å². The Balaban J connectivity index is 1.90. The summed E-state index contributed by atoms with van der Waals surface area (Å²) in [6, 6.07) is -0.239. The van der Waals surface area contributed by atoms with E-state index in [1.54, 1.807) is 6.92 Å². The molecule has 2 heterocycles. The van der Waals surface area contributed by atoms with Crippen LogP contribution in [0.4, 0.5) is 0 Å². The summed E-state index contributed by atoms with van der Waals surface area (Å²) < 4.78 is 4.93. The lowest BCUT2D eigenvalue weighted by Gasteiger charge is -2.17. The quantitative estimate of drug-likeness (QED) is 0.503. The van der Waals surface area contributed by atoms with Gasteiger partial charge >= 0.3 is 5.97 Å². The molecule has 80 valence electrons. The van der Waals surface area contributed by atoms with Crippen molar-refractivity contribution in [3.8, 4) is 0 Å². The highest BCUT2D eigenvalue weighted by molar-refractivity contribution is 5.76. The molecule has 1 unspecified atom stereocenters. The van der Waals surface area contributed by atoms with Gasteiger partial charge in [0.15, 0.2) is 0 Å². The molecule has 0 aromatic rings. The SMILES string of the molecule is CCOC(=O)[C@@H]1CC2(CCOO2)CN1. The summed E-state index contributed by atoms with van der Waals surface area (Å²) in [5.74, 6) is -0.195. The van der Waals surface area contributed by atoms with Gasteiger partial charge in [0.1, 0.15) is 11.6 Å². The maximum absolute atomic E-state index is 11.4. The lowest BCUT2D eigenvalue weighted by molar-refractivity contribution is -0.303. The zero-order valence-corrected chi connectivity index (χ0v) is 8.25. The Morgan fingerprint density at radius 1 is 1.71 bits per heavy atom. The van der Waals surface area contributed by atoms with Crippen molar-refractivity contribution in [2.75, 3.05) is 19.8 Å². The Morgan fingerprint density at radius 2 is 2.57 bits per heavy atom. The minimum Gasteiger partial charge on any atom is -0.465 e. The maximum Gasteiger partial charge on any atom is 0.323 e. The molecular weight excluding hydrogens is 186 g/mol. The Kier molecular flexibility index (Phi) is 2.71. The molecule has 0 aliphatic carbocycles. The number of hydrogen-bond donors (Lipinski definition) is 1. The zero-order chi connectivity index (χ0) is 10.0. The van der Waals surface area contributed by atoms with Gasteiger partial charge in [-0.15, -0.1) is 0 Å². The third kappa shape index (κ3) is 1.75. The van der Waals surface area contributed by atoms with Crippen LogP contribution in [0.2, 0.25) is 0 Å². The second kappa shape index (κ2) is 3.84. The number of ether oxygens (including phenoxy) is 1. The second-order valence-electron chi connectivity index (χ2n) is 3.73. The van der Waals surface area contributed by atoms with E-state index in [1.807, 2.05) is 0 Å². The number of carbonyl (C=O) groups excluding carboxylic acids is 1. The summed E-state index contributed by atoms with van der Waals surface area (Å²) in [6.45, 7) is 3.49. The minimum atomic E-state index is -0.294. The number of carbonyl (C=O) groups is 1. The minimum absolute atomic E-state index is 0.195. The van der Waals surface area contributed by atoms with Crippen LogP contribution in [-0.4, -0.2) is 37.4 Å². The van der Waals surface area contributed by atoms with Crippen molar-refractivity contribution in [1.29, 1.82) is 0 Å². The zero-order valence-electron chi connectivity index (χ0n) is 8.25. The number of nitrogens with one attached hydrogen (secondary N) is 1. The average Bonchev–Trinajstić information content (AvgIpc) is 2.78. The van der Waals surface area contributed by atoms with Gasteiger partial charge in [0.05, 0.1) is 13.2 Å². The Bertz CT molecular complexity index is 225. The predicted octanol–water partition coefficient (Wildman–Crippen LogP) is 0.00210. The summed E-state index contributed by atoms with van der Waals surface area (Å²) in [5.41, 5.74) is -0.294. The van der Waals surface area contributed by atoms with Crippen LogP contribution in [0.15, 0.2) is 0 Å². The average molecular weight is 201 g/mol. The van der Waals surface area contributed by atoms with Crippen LogP contribution >= 0.6 is 0 Å². The van der Waals surface area contributed by atoms with Gasteiger partial charge in [-0.25, -0.2) is 9.78 Å². The third-order valence-electron chi connectivity index (χ3n) is 2.69. The molecule has 0 aromatic heterocycles. The molecule has 0 amide bonds.